The molecule has 5 rings (SSSR count). The highest BCUT2D eigenvalue weighted by Crippen LogP contribution is 2.31. The lowest BCUT2D eigenvalue weighted by molar-refractivity contribution is 0.477. The molecule has 3 heteroatoms. The minimum absolute atomic E-state index is 0.235. The fraction of sp³-hybridized carbons (Fsp3) is 0. The van der Waals surface area contributed by atoms with Crippen molar-refractivity contribution in [2.75, 3.05) is 0 Å². The van der Waals surface area contributed by atoms with Crippen LogP contribution in [-0.2, 0) is 0 Å². The van der Waals surface area contributed by atoms with E-state index < -0.39 is 0 Å². The maximum atomic E-state index is 10.1. The van der Waals surface area contributed by atoms with Crippen LogP contribution >= 0.6 is 0 Å². The maximum Gasteiger partial charge on any atom is 0.124 e. The summed E-state index contributed by atoms with van der Waals surface area (Å²) < 4.78 is 0. The fourth-order valence-corrected chi connectivity index (χ4v) is 3.51. The number of aromatic amines is 1. The van der Waals surface area contributed by atoms with Crippen LogP contribution in [0.3, 0.4) is 0 Å². The first-order chi connectivity index (χ1) is 13.8. The first kappa shape index (κ1) is 16.3. The summed E-state index contributed by atoms with van der Waals surface area (Å²) in [4.78, 5) is 8.26. The van der Waals surface area contributed by atoms with Crippen molar-refractivity contribution in [3.63, 3.8) is 0 Å². The number of nitrogens with one attached hydrogen (secondary N) is 1. The molecule has 0 amide bonds. The van der Waals surface area contributed by atoms with Gasteiger partial charge in [-0.3, -0.25) is 0 Å². The molecule has 0 saturated carbocycles. The third-order valence-electron chi connectivity index (χ3n) is 4.93. The molecule has 0 unspecified atom stereocenters. The van der Waals surface area contributed by atoms with E-state index in [-0.39, 0.29) is 5.75 Å². The van der Waals surface area contributed by atoms with E-state index in [1.807, 2.05) is 54.6 Å². The third-order valence-corrected chi connectivity index (χ3v) is 4.93. The highest BCUT2D eigenvalue weighted by atomic mass is 16.3. The van der Waals surface area contributed by atoms with Crippen LogP contribution in [0.4, 0.5) is 0 Å². The number of aromatic hydroxyl groups is 1. The van der Waals surface area contributed by atoms with Gasteiger partial charge < -0.3 is 10.1 Å². The predicted molar refractivity (Wildman–Crippen MR) is 114 cm³/mol. The molecule has 2 N–H and O–H groups in total. The van der Waals surface area contributed by atoms with Crippen molar-refractivity contribution in [2.45, 2.75) is 0 Å². The number of para-hydroxylation sites is 2. The van der Waals surface area contributed by atoms with E-state index in [0.717, 1.165) is 39.3 Å². The third kappa shape index (κ3) is 2.93. The molecule has 3 aromatic carbocycles. The molecule has 0 aliphatic carbocycles. The molecule has 0 aliphatic heterocycles. The second-order valence-electron chi connectivity index (χ2n) is 6.78. The number of phenols is 1. The smallest absolute Gasteiger partial charge is 0.124 e. The van der Waals surface area contributed by atoms with Gasteiger partial charge in [-0.1, -0.05) is 54.6 Å². The molecule has 0 fully saturated rings. The van der Waals surface area contributed by atoms with Gasteiger partial charge in [0.2, 0.25) is 0 Å². The molecular formula is C25H18N2O. The van der Waals surface area contributed by atoms with Crippen molar-refractivity contribution < 1.29 is 5.11 Å². The van der Waals surface area contributed by atoms with Gasteiger partial charge in [-0.15, -0.1) is 0 Å². The summed E-state index contributed by atoms with van der Waals surface area (Å²) in [5.74, 6) is 0.235. The summed E-state index contributed by atoms with van der Waals surface area (Å²) in [6.45, 7) is 0. The van der Waals surface area contributed by atoms with Gasteiger partial charge in [0.05, 0.1) is 11.4 Å². The van der Waals surface area contributed by atoms with E-state index in [1.54, 1.807) is 6.07 Å². The van der Waals surface area contributed by atoms with E-state index in [9.17, 15) is 5.11 Å². The number of hydrogen-bond acceptors (Lipinski definition) is 2. The van der Waals surface area contributed by atoms with E-state index >= 15 is 0 Å². The number of hydrogen-bond donors (Lipinski definition) is 2. The van der Waals surface area contributed by atoms with Gasteiger partial charge in [-0.25, -0.2) is 4.98 Å². The molecule has 28 heavy (non-hydrogen) atoms. The van der Waals surface area contributed by atoms with Gasteiger partial charge in [0.1, 0.15) is 5.75 Å². The Bertz CT molecular complexity index is 1250. The van der Waals surface area contributed by atoms with Crippen molar-refractivity contribution in [3.8, 4) is 39.5 Å². The topological polar surface area (TPSA) is 48.9 Å². The van der Waals surface area contributed by atoms with E-state index in [0.29, 0.717) is 0 Å². The summed E-state index contributed by atoms with van der Waals surface area (Å²) in [6, 6.07) is 31.9. The zero-order valence-electron chi connectivity index (χ0n) is 15.1. The molecule has 0 radical (unpaired) electrons. The van der Waals surface area contributed by atoms with Crippen LogP contribution in [0, 0.1) is 0 Å². The van der Waals surface area contributed by atoms with Gasteiger partial charge in [-0.2, -0.15) is 0 Å². The highest BCUT2D eigenvalue weighted by molar-refractivity contribution is 5.86. The number of fused-ring (bicyclic) bond motifs is 1. The average molecular weight is 362 g/mol. The monoisotopic (exact) mass is 362 g/mol. The van der Waals surface area contributed by atoms with Crippen LogP contribution in [0.2, 0.25) is 0 Å². The van der Waals surface area contributed by atoms with Gasteiger partial charge >= 0.3 is 0 Å². The lowest BCUT2D eigenvalue weighted by Crippen LogP contribution is -1.89. The minimum atomic E-state index is 0.235. The Hall–Kier alpha value is -3.85. The second-order valence-corrected chi connectivity index (χ2v) is 6.78. The molecule has 0 aliphatic rings. The van der Waals surface area contributed by atoms with Crippen molar-refractivity contribution in [1.82, 2.24) is 9.97 Å². The lowest BCUT2D eigenvalue weighted by atomic mass is 10.0. The van der Waals surface area contributed by atoms with Crippen LogP contribution < -0.4 is 0 Å². The zero-order chi connectivity index (χ0) is 18.9. The molecular weight excluding hydrogens is 344 g/mol. The standard InChI is InChI=1S/C25H18N2O/c28-25-14-4-2-10-20(25)23-13-6-12-22(26-23)17-8-5-9-18(15-17)24-16-19-7-1-3-11-21(19)27-24/h1-16,27-28H. The number of H-pyrrole nitrogens is 1. The highest BCUT2D eigenvalue weighted by Gasteiger charge is 2.09. The Morgan fingerprint density at radius 2 is 1.39 bits per heavy atom. The molecule has 2 heterocycles. The molecule has 0 spiro atoms. The largest absolute Gasteiger partial charge is 0.507 e. The van der Waals surface area contributed by atoms with E-state index in [2.05, 4.69) is 41.4 Å². The van der Waals surface area contributed by atoms with Crippen molar-refractivity contribution in [1.29, 1.82) is 0 Å². The number of rotatable bonds is 3. The van der Waals surface area contributed by atoms with Gasteiger partial charge in [0.25, 0.3) is 0 Å². The Morgan fingerprint density at radius 1 is 0.643 bits per heavy atom. The van der Waals surface area contributed by atoms with E-state index in [1.165, 1.54) is 5.39 Å². The van der Waals surface area contributed by atoms with Crippen molar-refractivity contribution in [2.24, 2.45) is 0 Å². The molecule has 5 aromatic rings. The Labute approximate surface area is 163 Å². The van der Waals surface area contributed by atoms with Crippen LogP contribution in [0.15, 0.2) is 97.1 Å². The molecule has 3 nitrogen and oxygen atoms in total. The summed E-state index contributed by atoms with van der Waals surface area (Å²) in [5.41, 5.74) is 6.72. The minimum Gasteiger partial charge on any atom is -0.507 e. The van der Waals surface area contributed by atoms with Crippen molar-refractivity contribution >= 4 is 10.9 Å². The predicted octanol–water partition coefficient (Wildman–Crippen LogP) is 6.27. The van der Waals surface area contributed by atoms with Gasteiger partial charge in [-0.05, 0) is 48.0 Å². The molecule has 2 aromatic heterocycles. The maximum absolute atomic E-state index is 10.1. The van der Waals surface area contributed by atoms with Gasteiger partial charge in [0.15, 0.2) is 0 Å². The lowest BCUT2D eigenvalue weighted by Gasteiger charge is -2.08. The van der Waals surface area contributed by atoms with Crippen molar-refractivity contribution in [3.05, 3.63) is 97.1 Å². The summed E-state index contributed by atoms with van der Waals surface area (Å²) in [6.07, 6.45) is 0. The zero-order valence-corrected chi connectivity index (χ0v) is 15.1. The number of benzene rings is 3. The van der Waals surface area contributed by atoms with Crippen LogP contribution in [0.5, 0.6) is 5.75 Å². The number of nitrogens with zero attached hydrogens (tertiary/aromatic N) is 1. The van der Waals surface area contributed by atoms with Crippen LogP contribution in [0.25, 0.3) is 44.7 Å². The van der Waals surface area contributed by atoms with E-state index in [4.69, 9.17) is 4.98 Å². The number of phenolic OH excluding ortho intramolecular Hbond substituents is 1. The fourth-order valence-electron chi connectivity index (χ4n) is 3.51. The molecule has 0 saturated heterocycles. The normalized spacial score (nSPS) is 11.0. The molecule has 0 bridgehead atoms. The summed E-state index contributed by atoms with van der Waals surface area (Å²) >= 11 is 0. The molecule has 0 atom stereocenters. The Morgan fingerprint density at radius 3 is 2.29 bits per heavy atom. The number of pyridine rings is 1. The second kappa shape index (κ2) is 6.71. The number of aromatic nitrogens is 2. The van der Waals surface area contributed by atoms with Crippen LogP contribution in [-0.4, -0.2) is 15.1 Å². The Kier molecular flexibility index (Phi) is 3.91. The molecule has 134 valence electrons. The first-order valence-electron chi connectivity index (χ1n) is 9.22. The summed E-state index contributed by atoms with van der Waals surface area (Å²) in [7, 11) is 0. The SMILES string of the molecule is Oc1ccccc1-c1cccc(-c2cccc(-c3cc4ccccc4[nH]3)c2)n1. The summed E-state index contributed by atoms with van der Waals surface area (Å²) in [5, 5.41) is 11.3. The quantitative estimate of drug-likeness (QED) is 0.397. The van der Waals surface area contributed by atoms with Crippen LogP contribution in [0.1, 0.15) is 0 Å². The first-order valence-corrected chi connectivity index (χ1v) is 9.22. The van der Waals surface area contributed by atoms with Gasteiger partial charge in [0, 0.05) is 27.7 Å². The average Bonchev–Trinajstić information content (AvgIpc) is 3.19. The Balaban J connectivity index is 1.57.